The van der Waals surface area contributed by atoms with E-state index in [2.05, 4.69) is 10.6 Å². The Bertz CT molecular complexity index is 512. The minimum absolute atomic E-state index is 0.0714. The zero-order valence-corrected chi connectivity index (χ0v) is 11.0. The maximum Gasteiger partial charge on any atom is 0.292 e. The van der Waals surface area contributed by atoms with E-state index in [1.54, 1.807) is 12.1 Å². The number of nitro groups is 1. The number of amides is 1. The lowest BCUT2D eigenvalue weighted by Crippen LogP contribution is -2.48. The molecule has 6 heteroatoms. The average molecular weight is 263 g/mol. The third-order valence-corrected chi connectivity index (χ3v) is 3.54. The molecule has 1 saturated heterocycles. The Hall–Kier alpha value is -1.95. The minimum atomic E-state index is -0.482. The van der Waals surface area contributed by atoms with E-state index in [0.717, 1.165) is 18.7 Å². The SMILES string of the molecule is Cc1ccc([N+](=O)[O-])c(NC(=O)C(C)C2CNC2)c1. The van der Waals surface area contributed by atoms with Crippen molar-refractivity contribution in [2.75, 3.05) is 18.4 Å². The van der Waals surface area contributed by atoms with Gasteiger partial charge in [0.25, 0.3) is 5.69 Å². The number of carbonyl (C=O) groups is 1. The fraction of sp³-hybridized carbons (Fsp3) is 0.462. The van der Waals surface area contributed by atoms with Crippen LogP contribution in [0, 0.1) is 28.9 Å². The Labute approximate surface area is 111 Å². The van der Waals surface area contributed by atoms with Crippen LogP contribution < -0.4 is 10.6 Å². The van der Waals surface area contributed by atoms with E-state index < -0.39 is 4.92 Å². The lowest BCUT2D eigenvalue weighted by Gasteiger charge is -2.31. The molecule has 1 aromatic carbocycles. The highest BCUT2D eigenvalue weighted by molar-refractivity contribution is 5.94. The van der Waals surface area contributed by atoms with E-state index in [1.165, 1.54) is 6.07 Å². The third-order valence-electron chi connectivity index (χ3n) is 3.54. The Morgan fingerprint density at radius 3 is 2.74 bits per heavy atom. The highest BCUT2D eigenvalue weighted by atomic mass is 16.6. The third kappa shape index (κ3) is 2.90. The van der Waals surface area contributed by atoms with Crippen molar-refractivity contribution in [1.29, 1.82) is 0 Å². The molecule has 1 amide bonds. The molecule has 19 heavy (non-hydrogen) atoms. The first-order valence-corrected chi connectivity index (χ1v) is 6.25. The van der Waals surface area contributed by atoms with E-state index in [1.807, 2.05) is 13.8 Å². The van der Waals surface area contributed by atoms with E-state index in [-0.39, 0.29) is 23.2 Å². The molecule has 102 valence electrons. The largest absolute Gasteiger partial charge is 0.320 e. The molecule has 1 unspecified atom stereocenters. The highest BCUT2D eigenvalue weighted by Crippen LogP contribution is 2.27. The summed E-state index contributed by atoms with van der Waals surface area (Å²) in [5, 5.41) is 16.7. The van der Waals surface area contributed by atoms with Crippen LogP contribution in [0.3, 0.4) is 0 Å². The number of carbonyl (C=O) groups excluding carboxylic acids is 1. The molecule has 1 heterocycles. The van der Waals surface area contributed by atoms with Crippen molar-refractivity contribution in [2.45, 2.75) is 13.8 Å². The first kappa shape index (κ1) is 13.5. The van der Waals surface area contributed by atoms with Gasteiger partial charge in [-0.15, -0.1) is 0 Å². The van der Waals surface area contributed by atoms with Gasteiger partial charge < -0.3 is 10.6 Å². The lowest BCUT2D eigenvalue weighted by molar-refractivity contribution is -0.383. The van der Waals surface area contributed by atoms with Crippen LogP contribution in [0.4, 0.5) is 11.4 Å². The summed E-state index contributed by atoms with van der Waals surface area (Å²) in [4.78, 5) is 22.5. The van der Waals surface area contributed by atoms with Crippen molar-refractivity contribution in [3.05, 3.63) is 33.9 Å². The highest BCUT2D eigenvalue weighted by Gasteiger charge is 2.29. The first-order valence-electron chi connectivity index (χ1n) is 6.25. The molecule has 1 aliphatic rings. The van der Waals surface area contributed by atoms with E-state index in [4.69, 9.17) is 0 Å². The van der Waals surface area contributed by atoms with Crippen molar-refractivity contribution in [3.63, 3.8) is 0 Å². The number of rotatable bonds is 4. The van der Waals surface area contributed by atoms with Gasteiger partial charge in [-0.3, -0.25) is 14.9 Å². The average Bonchev–Trinajstić information content (AvgIpc) is 2.26. The molecule has 1 aliphatic heterocycles. The Morgan fingerprint density at radius 2 is 2.21 bits per heavy atom. The van der Waals surface area contributed by atoms with Crippen molar-refractivity contribution in [3.8, 4) is 0 Å². The van der Waals surface area contributed by atoms with Gasteiger partial charge in [-0.1, -0.05) is 13.0 Å². The summed E-state index contributed by atoms with van der Waals surface area (Å²) in [6.07, 6.45) is 0. The Balaban J connectivity index is 2.15. The molecular weight excluding hydrogens is 246 g/mol. The van der Waals surface area contributed by atoms with E-state index in [0.29, 0.717) is 5.92 Å². The summed E-state index contributed by atoms with van der Waals surface area (Å²) >= 11 is 0. The monoisotopic (exact) mass is 263 g/mol. The predicted octanol–water partition coefficient (Wildman–Crippen LogP) is 1.70. The molecule has 2 N–H and O–H groups in total. The van der Waals surface area contributed by atoms with Gasteiger partial charge in [-0.25, -0.2) is 0 Å². The van der Waals surface area contributed by atoms with Gasteiger partial charge in [0.05, 0.1) is 4.92 Å². The van der Waals surface area contributed by atoms with Crippen LogP contribution in [0.1, 0.15) is 12.5 Å². The zero-order valence-electron chi connectivity index (χ0n) is 11.0. The molecule has 0 aromatic heterocycles. The number of benzene rings is 1. The number of nitro benzene ring substituents is 1. The van der Waals surface area contributed by atoms with Gasteiger partial charge in [0.1, 0.15) is 5.69 Å². The van der Waals surface area contributed by atoms with Crippen LogP contribution in [-0.4, -0.2) is 23.9 Å². The van der Waals surface area contributed by atoms with Crippen LogP contribution in [0.5, 0.6) is 0 Å². The van der Waals surface area contributed by atoms with Gasteiger partial charge in [-0.2, -0.15) is 0 Å². The molecule has 1 fully saturated rings. The maximum absolute atomic E-state index is 12.1. The summed E-state index contributed by atoms with van der Waals surface area (Å²) < 4.78 is 0. The van der Waals surface area contributed by atoms with Crippen LogP contribution in [0.2, 0.25) is 0 Å². The van der Waals surface area contributed by atoms with Gasteiger partial charge in [0, 0.05) is 12.0 Å². The smallest absolute Gasteiger partial charge is 0.292 e. The lowest BCUT2D eigenvalue weighted by atomic mass is 9.88. The van der Waals surface area contributed by atoms with Crippen molar-refractivity contribution in [1.82, 2.24) is 5.32 Å². The fourth-order valence-corrected chi connectivity index (χ4v) is 2.03. The Kier molecular flexibility index (Phi) is 3.80. The van der Waals surface area contributed by atoms with Crippen LogP contribution in [0.15, 0.2) is 18.2 Å². The molecule has 2 rings (SSSR count). The van der Waals surface area contributed by atoms with Crippen LogP contribution >= 0.6 is 0 Å². The topological polar surface area (TPSA) is 84.3 Å². The molecule has 1 atom stereocenters. The van der Waals surface area contributed by atoms with Crippen molar-refractivity contribution in [2.24, 2.45) is 11.8 Å². The first-order chi connectivity index (χ1) is 8.99. The molecule has 0 spiro atoms. The van der Waals surface area contributed by atoms with Crippen molar-refractivity contribution < 1.29 is 9.72 Å². The summed E-state index contributed by atoms with van der Waals surface area (Å²) in [5.74, 6) is -0.00886. The van der Waals surface area contributed by atoms with Gasteiger partial charge >= 0.3 is 0 Å². The number of anilines is 1. The summed E-state index contributed by atoms with van der Waals surface area (Å²) in [5.41, 5.74) is 1.07. The maximum atomic E-state index is 12.1. The molecule has 0 bridgehead atoms. The fourth-order valence-electron chi connectivity index (χ4n) is 2.03. The van der Waals surface area contributed by atoms with E-state index in [9.17, 15) is 14.9 Å². The molecule has 1 aromatic rings. The molecule has 6 nitrogen and oxygen atoms in total. The normalized spacial score (nSPS) is 16.5. The Morgan fingerprint density at radius 1 is 1.53 bits per heavy atom. The second-order valence-electron chi connectivity index (χ2n) is 4.97. The molecule has 0 aliphatic carbocycles. The molecule has 0 saturated carbocycles. The van der Waals surface area contributed by atoms with Gasteiger partial charge in [0.15, 0.2) is 0 Å². The number of hydrogen-bond donors (Lipinski definition) is 2. The van der Waals surface area contributed by atoms with Crippen LogP contribution in [0.25, 0.3) is 0 Å². The van der Waals surface area contributed by atoms with Crippen LogP contribution in [-0.2, 0) is 4.79 Å². The minimum Gasteiger partial charge on any atom is -0.320 e. The van der Waals surface area contributed by atoms with E-state index >= 15 is 0 Å². The summed E-state index contributed by atoms with van der Waals surface area (Å²) in [6.45, 7) is 5.33. The summed E-state index contributed by atoms with van der Waals surface area (Å²) in [6, 6.07) is 4.70. The van der Waals surface area contributed by atoms with Gasteiger partial charge in [0.2, 0.25) is 5.91 Å². The molecule has 0 radical (unpaired) electrons. The number of hydrogen-bond acceptors (Lipinski definition) is 4. The number of nitrogens with zero attached hydrogens (tertiary/aromatic N) is 1. The number of nitrogens with one attached hydrogen (secondary N) is 2. The van der Waals surface area contributed by atoms with Gasteiger partial charge in [-0.05, 0) is 37.6 Å². The number of aryl methyl sites for hydroxylation is 1. The van der Waals surface area contributed by atoms with Crippen molar-refractivity contribution >= 4 is 17.3 Å². The molecular formula is C13H17N3O3. The predicted molar refractivity (Wildman–Crippen MR) is 72.0 cm³/mol. The second-order valence-corrected chi connectivity index (χ2v) is 4.97. The quantitative estimate of drug-likeness (QED) is 0.639. The zero-order chi connectivity index (χ0) is 14.0. The standard InChI is InChI=1S/C13H17N3O3/c1-8-3-4-12(16(18)19)11(5-8)15-13(17)9(2)10-6-14-7-10/h3-5,9-10,14H,6-7H2,1-2H3,(H,15,17). The second kappa shape index (κ2) is 5.36. The summed E-state index contributed by atoms with van der Waals surface area (Å²) in [7, 11) is 0.